The lowest BCUT2D eigenvalue weighted by atomic mass is 9.90. The Bertz CT molecular complexity index is 310. The van der Waals surface area contributed by atoms with E-state index in [1.807, 2.05) is 6.92 Å². The van der Waals surface area contributed by atoms with Crippen molar-refractivity contribution >= 4 is 0 Å². The number of aromatic hydroxyl groups is 1. The molecule has 0 bridgehead atoms. The van der Waals surface area contributed by atoms with Crippen LogP contribution >= 0.6 is 0 Å². The van der Waals surface area contributed by atoms with Crippen LogP contribution in [0.4, 0.5) is 4.39 Å². The summed E-state index contributed by atoms with van der Waals surface area (Å²) in [5, 5.41) is 9.46. The lowest BCUT2D eigenvalue weighted by molar-refractivity contribution is 0.413. The molecular formula is C10H14FNO. The lowest BCUT2D eigenvalue weighted by Gasteiger charge is -2.24. The highest BCUT2D eigenvalue weighted by Crippen LogP contribution is 2.29. The van der Waals surface area contributed by atoms with Crippen molar-refractivity contribution in [3.05, 3.63) is 29.6 Å². The molecule has 0 radical (unpaired) electrons. The van der Waals surface area contributed by atoms with Gasteiger partial charge in [-0.1, -0.05) is 6.92 Å². The van der Waals surface area contributed by atoms with Crippen LogP contribution in [0.3, 0.4) is 0 Å². The Kier molecular flexibility index (Phi) is 2.57. The molecule has 0 saturated carbocycles. The minimum absolute atomic E-state index is 0.0493. The van der Waals surface area contributed by atoms with Gasteiger partial charge in [-0.25, -0.2) is 4.39 Å². The van der Waals surface area contributed by atoms with Crippen LogP contribution in [0.15, 0.2) is 18.2 Å². The molecule has 1 rings (SSSR count). The molecule has 0 aliphatic heterocycles. The zero-order chi connectivity index (χ0) is 10.1. The number of halogens is 1. The molecule has 0 unspecified atom stereocenters. The van der Waals surface area contributed by atoms with Crippen LogP contribution in [-0.2, 0) is 5.54 Å². The number of hydrogen-bond acceptors (Lipinski definition) is 2. The standard InChI is InChI=1S/C10H14FNO/c1-3-10(2,12)8-6-7(11)4-5-9(8)13/h4-6,13H,3,12H2,1-2H3/t10-/m1/s1. The van der Waals surface area contributed by atoms with Gasteiger partial charge in [0.25, 0.3) is 0 Å². The summed E-state index contributed by atoms with van der Waals surface area (Å²) in [6, 6.07) is 3.81. The van der Waals surface area contributed by atoms with E-state index < -0.39 is 5.54 Å². The maximum absolute atomic E-state index is 12.8. The van der Waals surface area contributed by atoms with Gasteiger partial charge < -0.3 is 10.8 Å². The van der Waals surface area contributed by atoms with Crippen LogP contribution in [0.5, 0.6) is 5.75 Å². The smallest absolute Gasteiger partial charge is 0.123 e. The first kappa shape index (κ1) is 9.99. The van der Waals surface area contributed by atoms with E-state index in [0.717, 1.165) is 0 Å². The number of rotatable bonds is 2. The Balaban J connectivity index is 3.20. The van der Waals surface area contributed by atoms with Crippen molar-refractivity contribution < 1.29 is 9.50 Å². The molecule has 3 heteroatoms. The van der Waals surface area contributed by atoms with Crippen molar-refractivity contribution in [1.29, 1.82) is 0 Å². The normalized spacial score (nSPS) is 15.4. The molecule has 72 valence electrons. The van der Waals surface area contributed by atoms with E-state index in [0.29, 0.717) is 12.0 Å². The van der Waals surface area contributed by atoms with E-state index in [9.17, 15) is 9.50 Å². The maximum atomic E-state index is 12.8. The maximum Gasteiger partial charge on any atom is 0.123 e. The number of nitrogens with two attached hydrogens (primary N) is 1. The van der Waals surface area contributed by atoms with Gasteiger partial charge in [0.05, 0.1) is 0 Å². The van der Waals surface area contributed by atoms with Gasteiger partial charge in [0.1, 0.15) is 11.6 Å². The minimum atomic E-state index is -0.674. The fourth-order valence-electron chi connectivity index (χ4n) is 1.16. The van der Waals surface area contributed by atoms with Gasteiger partial charge in [0.15, 0.2) is 0 Å². The first-order chi connectivity index (χ1) is 5.97. The van der Waals surface area contributed by atoms with Crippen LogP contribution in [-0.4, -0.2) is 5.11 Å². The van der Waals surface area contributed by atoms with Crippen molar-refractivity contribution in [1.82, 2.24) is 0 Å². The SMILES string of the molecule is CC[C@@](C)(N)c1cc(F)ccc1O. The highest BCUT2D eigenvalue weighted by Gasteiger charge is 2.22. The Morgan fingerprint density at radius 1 is 1.54 bits per heavy atom. The number of phenolic OH excluding ortho intramolecular Hbond substituents is 1. The largest absolute Gasteiger partial charge is 0.508 e. The number of benzene rings is 1. The summed E-state index contributed by atoms with van der Waals surface area (Å²) in [5.41, 5.74) is 5.66. The molecule has 0 aromatic heterocycles. The molecule has 1 atom stereocenters. The summed E-state index contributed by atoms with van der Waals surface area (Å²) in [6.07, 6.45) is 0.643. The summed E-state index contributed by atoms with van der Waals surface area (Å²) in [6.45, 7) is 3.66. The summed E-state index contributed by atoms with van der Waals surface area (Å²) in [5.74, 6) is -0.328. The molecule has 0 heterocycles. The third-order valence-corrected chi connectivity index (χ3v) is 2.31. The number of hydrogen-bond donors (Lipinski definition) is 2. The topological polar surface area (TPSA) is 46.2 Å². The van der Waals surface area contributed by atoms with Crippen molar-refractivity contribution in [3.63, 3.8) is 0 Å². The van der Waals surface area contributed by atoms with Gasteiger partial charge in [0, 0.05) is 11.1 Å². The van der Waals surface area contributed by atoms with Crippen molar-refractivity contribution in [2.75, 3.05) is 0 Å². The monoisotopic (exact) mass is 183 g/mol. The fraction of sp³-hybridized carbons (Fsp3) is 0.400. The first-order valence-corrected chi connectivity index (χ1v) is 4.25. The van der Waals surface area contributed by atoms with E-state index in [2.05, 4.69) is 0 Å². The van der Waals surface area contributed by atoms with Crippen LogP contribution in [0, 0.1) is 5.82 Å². The molecule has 0 spiro atoms. The third-order valence-electron chi connectivity index (χ3n) is 2.31. The van der Waals surface area contributed by atoms with Crippen molar-refractivity contribution in [2.24, 2.45) is 5.73 Å². The number of phenols is 1. The van der Waals surface area contributed by atoms with Gasteiger partial charge in [-0.3, -0.25) is 0 Å². The minimum Gasteiger partial charge on any atom is -0.508 e. The van der Waals surface area contributed by atoms with Gasteiger partial charge in [0.2, 0.25) is 0 Å². The highest BCUT2D eigenvalue weighted by molar-refractivity contribution is 5.37. The van der Waals surface area contributed by atoms with Gasteiger partial charge in [-0.05, 0) is 31.5 Å². The van der Waals surface area contributed by atoms with Crippen molar-refractivity contribution in [2.45, 2.75) is 25.8 Å². The molecule has 0 aliphatic rings. The van der Waals surface area contributed by atoms with Crippen LogP contribution in [0.1, 0.15) is 25.8 Å². The average molecular weight is 183 g/mol. The van der Waals surface area contributed by atoms with Crippen LogP contribution < -0.4 is 5.73 Å². The molecule has 1 aromatic rings. The Morgan fingerprint density at radius 3 is 2.69 bits per heavy atom. The molecule has 0 amide bonds. The van der Waals surface area contributed by atoms with Crippen LogP contribution in [0.2, 0.25) is 0 Å². The predicted molar refractivity (Wildman–Crippen MR) is 49.9 cm³/mol. The first-order valence-electron chi connectivity index (χ1n) is 4.25. The second kappa shape index (κ2) is 3.34. The summed E-state index contributed by atoms with van der Waals surface area (Å²) < 4.78 is 12.8. The zero-order valence-electron chi connectivity index (χ0n) is 7.84. The van der Waals surface area contributed by atoms with E-state index in [4.69, 9.17) is 5.73 Å². The summed E-state index contributed by atoms with van der Waals surface area (Å²) in [7, 11) is 0. The Hall–Kier alpha value is -1.09. The molecule has 2 nitrogen and oxygen atoms in total. The summed E-state index contributed by atoms with van der Waals surface area (Å²) in [4.78, 5) is 0. The Morgan fingerprint density at radius 2 is 2.15 bits per heavy atom. The summed E-state index contributed by atoms with van der Waals surface area (Å²) >= 11 is 0. The molecule has 1 aromatic carbocycles. The lowest BCUT2D eigenvalue weighted by Crippen LogP contribution is -2.32. The second-order valence-corrected chi connectivity index (χ2v) is 3.43. The van der Waals surface area contributed by atoms with Gasteiger partial charge in [-0.2, -0.15) is 0 Å². The van der Waals surface area contributed by atoms with Crippen LogP contribution in [0.25, 0.3) is 0 Å². The second-order valence-electron chi connectivity index (χ2n) is 3.43. The Labute approximate surface area is 77.2 Å². The molecule has 3 N–H and O–H groups in total. The molecule has 0 aliphatic carbocycles. The molecule has 0 saturated heterocycles. The average Bonchev–Trinajstić information content (AvgIpc) is 2.09. The van der Waals surface area contributed by atoms with E-state index >= 15 is 0 Å². The van der Waals surface area contributed by atoms with E-state index in [1.54, 1.807) is 6.92 Å². The highest BCUT2D eigenvalue weighted by atomic mass is 19.1. The van der Waals surface area contributed by atoms with Crippen molar-refractivity contribution in [3.8, 4) is 5.75 Å². The third kappa shape index (κ3) is 1.98. The molecular weight excluding hydrogens is 169 g/mol. The predicted octanol–water partition coefficient (Wildman–Crippen LogP) is 2.12. The van der Waals surface area contributed by atoms with Gasteiger partial charge >= 0.3 is 0 Å². The zero-order valence-corrected chi connectivity index (χ0v) is 7.84. The quantitative estimate of drug-likeness (QED) is 0.737. The van der Waals surface area contributed by atoms with Gasteiger partial charge in [-0.15, -0.1) is 0 Å². The molecule has 13 heavy (non-hydrogen) atoms. The molecule has 0 fully saturated rings. The van der Waals surface area contributed by atoms with E-state index in [-0.39, 0.29) is 11.6 Å². The van der Waals surface area contributed by atoms with E-state index in [1.165, 1.54) is 18.2 Å². The fourth-order valence-corrected chi connectivity index (χ4v) is 1.16.